The lowest BCUT2D eigenvalue weighted by Gasteiger charge is -2.28. The summed E-state index contributed by atoms with van der Waals surface area (Å²) in [5, 5.41) is 0. The van der Waals surface area contributed by atoms with Crippen LogP contribution in [-0.2, 0) is 32.7 Å². The predicted octanol–water partition coefficient (Wildman–Crippen LogP) is 9.61. The zero-order valence-electron chi connectivity index (χ0n) is 31.7. The predicted molar refractivity (Wildman–Crippen MR) is 195 cm³/mol. The van der Waals surface area contributed by atoms with Crippen LogP contribution >= 0.6 is 7.82 Å². The van der Waals surface area contributed by atoms with Gasteiger partial charge in [-0.2, -0.15) is 0 Å². The number of likely N-dealkylation sites (N-methyl/N-ethyl adjacent to an activating group) is 1. The lowest BCUT2D eigenvalue weighted by atomic mass is 10.1. The van der Waals surface area contributed by atoms with Crippen LogP contribution in [-0.4, -0.2) is 70.0 Å². The number of esters is 2. The molecule has 0 aromatic rings. The summed E-state index contributed by atoms with van der Waals surface area (Å²) in [7, 11) is 1.16. The topological polar surface area (TPSA) is 111 Å². The zero-order valence-corrected chi connectivity index (χ0v) is 32.6. The molecule has 0 bridgehead atoms. The summed E-state index contributed by atoms with van der Waals surface area (Å²) in [5.41, 5.74) is 0. The summed E-state index contributed by atoms with van der Waals surface area (Å²) in [6.45, 7) is 4.18. The Morgan fingerprint density at radius 2 is 1.06 bits per heavy atom. The molecule has 0 heterocycles. The lowest BCUT2D eigenvalue weighted by molar-refractivity contribution is -0.870. The number of nitrogens with zero attached hydrogens (tertiary/aromatic N) is 1. The molecule has 9 nitrogen and oxygen atoms in total. The summed E-state index contributed by atoms with van der Waals surface area (Å²) in [6, 6.07) is 0. The van der Waals surface area contributed by atoms with Gasteiger partial charge in [0.1, 0.15) is 19.8 Å². The van der Waals surface area contributed by atoms with E-state index in [2.05, 4.69) is 26.0 Å². The number of phosphoric acid groups is 1. The highest BCUT2D eigenvalue weighted by molar-refractivity contribution is 7.45. The molecule has 0 aliphatic rings. The third kappa shape index (κ3) is 34.6. The van der Waals surface area contributed by atoms with E-state index in [1.54, 1.807) is 0 Å². The SMILES string of the molecule is CCCCCCCC/C=C/CCCCCC(=O)OC[C@H](COP(=O)([O-])OCC[N+](C)(C)C)OC(=O)CCCCCCCCCCCCC. The normalized spacial score (nSPS) is 13.9. The van der Waals surface area contributed by atoms with Gasteiger partial charge in [0.2, 0.25) is 0 Å². The van der Waals surface area contributed by atoms with E-state index < -0.39 is 32.5 Å². The molecule has 0 N–H and O–H groups in total. The number of hydrogen-bond donors (Lipinski definition) is 0. The number of unbranched alkanes of at least 4 members (excludes halogenated alkanes) is 19. The first kappa shape index (κ1) is 46.8. The fourth-order valence-corrected chi connectivity index (χ4v) is 5.91. The first-order valence-electron chi connectivity index (χ1n) is 19.4. The van der Waals surface area contributed by atoms with Gasteiger partial charge in [-0.25, -0.2) is 0 Å². The van der Waals surface area contributed by atoms with Crippen LogP contribution in [0, 0.1) is 0 Å². The van der Waals surface area contributed by atoms with E-state index in [0.29, 0.717) is 23.9 Å². The van der Waals surface area contributed by atoms with E-state index in [4.69, 9.17) is 18.5 Å². The molecule has 284 valence electrons. The van der Waals surface area contributed by atoms with Crippen LogP contribution in [0.1, 0.15) is 168 Å². The van der Waals surface area contributed by atoms with Crippen molar-refractivity contribution in [2.75, 3.05) is 47.5 Å². The van der Waals surface area contributed by atoms with Gasteiger partial charge >= 0.3 is 11.9 Å². The molecule has 0 radical (unpaired) electrons. The van der Waals surface area contributed by atoms with Crippen molar-refractivity contribution in [3.8, 4) is 0 Å². The Morgan fingerprint density at radius 3 is 1.56 bits per heavy atom. The number of rotatable bonds is 35. The average Bonchev–Trinajstić information content (AvgIpc) is 3.02. The molecule has 2 atom stereocenters. The quantitative estimate of drug-likeness (QED) is 0.0211. The Bertz CT molecular complexity index is 845. The van der Waals surface area contributed by atoms with Crippen molar-refractivity contribution in [2.24, 2.45) is 0 Å². The van der Waals surface area contributed by atoms with Gasteiger partial charge in [0, 0.05) is 12.8 Å². The number of carbonyl (C=O) groups is 2. The molecule has 1 unspecified atom stereocenters. The van der Waals surface area contributed by atoms with Gasteiger partial charge in [-0.05, 0) is 38.5 Å². The molecule has 0 aliphatic carbocycles. The molecular weight excluding hydrogens is 629 g/mol. The van der Waals surface area contributed by atoms with Crippen LogP contribution in [0.4, 0.5) is 0 Å². The van der Waals surface area contributed by atoms with Crippen molar-refractivity contribution < 1.29 is 42.1 Å². The fourth-order valence-electron chi connectivity index (χ4n) is 5.18. The zero-order chi connectivity index (χ0) is 35.8. The molecule has 0 fully saturated rings. The van der Waals surface area contributed by atoms with E-state index >= 15 is 0 Å². The van der Waals surface area contributed by atoms with Crippen LogP contribution in [0.3, 0.4) is 0 Å². The van der Waals surface area contributed by atoms with Crippen molar-refractivity contribution in [1.82, 2.24) is 0 Å². The smallest absolute Gasteiger partial charge is 0.306 e. The minimum atomic E-state index is -4.61. The van der Waals surface area contributed by atoms with E-state index in [9.17, 15) is 19.0 Å². The Hall–Kier alpha value is -1.25. The molecule has 0 saturated carbocycles. The fraction of sp³-hybridized carbons (Fsp3) is 0.895. The molecule has 48 heavy (non-hydrogen) atoms. The maximum atomic E-state index is 12.6. The Balaban J connectivity index is 4.44. The highest BCUT2D eigenvalue weighted by Gasteiger charge is 2.21. The van der Waals surface area contributed by atoms with Gasteiger partial charge in [0.05, 0.1) is 27.7 Å². The van der Waals surface area contributed by atoms with Gasteiger partial charge in [0.25, 0.3) is 7.82 Å². The lowest BCUT2D eigenvalue weighted by Crippen LogP contribution is -2.37. The number of phosphoric ester groups is 1. The maximum Gasteiger partial charge on any atom is 0.306 e. The van der Waals surface area contributed by atoms with Crippen LogP contribution < -0.4 is 4.89 Å². The molecule has 0 aromatic heterocycles. The monoisotopic (exact) mass is 704 g/mol. The summed E-state index contributed by atoms with van der Waals surface area (Å²) >= 11 is 0. The van der Waals surface area contributed by atoms with Crippen molar-refractivity contribution in [2.45, 2.75) is 174 Å². The number of allylic oxidation sites excluding steroid dienone is 2. The number of hydrogen-bond acceptors (Lipinski definition) is 8. The summed E-state index contributed by atoms with van der Waals surface area (Å²) in [4.78, 5) is 37.3. The number of quaternary nitrogens is 1. The van der Waals surface area contributed by atoms with Crippen LogP contribution in [0.25, 0.3) is 0 Å². The minimum absolute atomic E-state index is 0.0303. The van der Waals surface area contributed by atoms with E-state index in [0.717, 1.165) is 44.9 Å². The van der Waals surface area contributed by atoms with E-state index in [1.807, 2.05) is 21.1 Å². The third-order valence-electron chi connectivity index (χ3n) is 8.29. The summed E-state index contributed by atoms with van der Waals surface area (Å²) in [6.07, 6.45) is 29.5. The Morgan fingerprint density at radius 1 is 0.625 bits per heavy atom. The minimum Gasteiger partial charge on any atom is -0.756 e. The highest BCUT2D eigenvalue weighted by atomic mass is 31.2. The highest BCUT2D eigenvalue weighted by Crippen LogP contribution is 2.38. The van der Waals surface area contributed by atoms with Gasteiger partial charge in [0.15, 0.2) is 6.10 Å². The van der Waals surface area contributed by atoms with Crippen molar-refractivity contribution >= 4 is 19.8 Å². The van der Waals surface area contributed by atoms with Gasteiger partial charge in [-0.1, -0.05) is 129 Å². The molecule has 0 rings (SSSR count). The molecule has 0 spiro atoms. The van der Waals surface area contributed by atoms with Crippen molar-refractivity contribution in [3.05, 3.63) is 12.2 Å². The molecule has 0 amide bonds. The Labute approximate surface area is 295 Å². The van der Waals surface area contributed by atoms with Gasteiger partial charge in [-0.15, -0.1) is 0 Å². The van der Waals surface area contributed by atoms with Crippen molar-refractivity contribution in [3.63, 3.8) is 0 Å². The molecular formula is C38H74NO8P. The molecule has 0 aliphatic heterocycles. The maximum absolute atomic E-state index is 12.6. The Kier molecular flexibility index (Phi) is 30.9. The molecule has 10 heteroatoms. The third-order valence-corrected chi connectivity index (χ3v) is 9.25. The number of ether oxygens (including phenoxy) is 2. The second-order valence-corrected chi connectivity index (χ2v) is 15.7. The molecule has 0 saturated heterocycles. The summed E-state index contributed by atoms with van der Waals surface area (Å²) < 4.78 is 33.7. The van der Waals surface area contributed by atoms with Crippen LogP contribution in [0.5, 0.6) is 0 Å². The van der Waals surface area contributed by atoms with Crippen LogP contribution in [0.2, 0.25) is 0 Å². The van der Waals surface area contributed by atoms with Gasteiger partial charge < -0.3 is 27.9 Å². The van der Waals surface area contributed by atoms with E-state index in [-0.39, 0.29) is 26.1 Å². The van der Waals surface area contributed by atoms with Crippen molar-refractivity contribution in [1.29, 1.82) is 0 Å². The number of carbonyl (C=O) groups excluding carboxylic acids is 2. The first-order valence-corrected chi connectivity index (χ1v) is 20.9. The average molecular weight is 704 g/mol. The van der Waals surface area contributed by atoms with E-state index in [1.165, 1.54) is 83.5 Å². The summed E-state index contributed by atoms with van der Waals surface area (Å²) in [5.74, 6) is -0.851. The first-order chi connectivity index (χ1) is 23.0. The molecule has 0 aromatic carbocycles. The second kappa shape index (κ2) is 31.7. The second-order valence-electron chi connectivity index (χ2n) is 14.3. The van der Waals surface area contributed by atoms with Gasteiger partial charge in [-0.3, -0.25) is 14.2 Å². The largest absolute Gasteiger partial charge is 0.756 e. The standard InChI is InChI=1S/C38H74NO8P/c1-6-8-10-12-14-16-18-19-21-22-24-26-28-30-37(40)44-34-36(35-46-48(42,43)45-33-32-39(3,4)5)47-38(41)31-29-27-25-23-20-17-15-13-11-9-7-2/h19,21,36H,6-18,20,22-35H2,1-5H3/b21-19+/t36-/m1/s1. The van der Waals surface area contributed by atoms with Crippen LogP contribution in [0.15, 0.2) is 12.2 Å².